The molecule has 0 spiro atoms. The molecule has 3 unspecified atom stereocenters. The van der Waals surface area contributed by atoms with Crippen LogP contribution in [0.2, 0.25) is 0 Å². The van der Waals surface area contributed by atoms with Crippen LogP contribution in [0.5, 0.6) is 5.75 Å². The number of hydrogen-bond acceptors (Lipinski definition) is 5. The average Bonchev–Trinajstić information content (AvgIpc) is 2.30. The van der Waals surface area contributed by atoms with E-state index < -0.39 is 32.2 Å². The van der Waals surface area contributed by atoms with Crippen molar-refractivity contribution in [2.75, 3.05) is 0 Å². The van der Waals surface area contributed by atoms with Gasteiger partial charge in [-0.1, -0.05) is 0 Å². The molecular weight excluding hydrogens is 257 g/mol. The Balaban J connectivity index is 2.55. The number of ether oxygens (including phenoxy) is 1. The fourth-order valence-electron chi connectivity index (χ4n) is 1.19. The van der Waals surface area contributed by atoms with Gasteiger partial charge in [0.05, 0.1) is 12.6 Å². The lowest BCUT2D eigenvalue weighted by Gasteiger charge is -2.08. The Kier molecular flexibility index (Phi) is 5.40. The van der Waals surface area contributed by atoms with Gasteiger partial charge in [-0.2, -0.15) is 4.89 Å². The van der Waals surface area contributed by atoms with E-state index in [2.05, 4.69) is 4.98 Å². The van der Waals surface area contributed by atoms with Crippen molar-refractivity contribution in [3.63, 3.8) is 0 Å². The highest BCUT2D eigenvalue weighted by molar-refractivity contribution is 7.39. The van der Waals surface area contributed by atoms with Crippen LogP contribution >= 0.6 is 8.03 Å². The number of aliphatic hydroxyl groups is 1. The predicted molar refractivity (Wildman–Crippen MR) is 62.9 cm³/mol. The number of aromatic nitrogens is 1. The molecule has 1 aromatic rings. The van der Waals surface area contributed by atoms with Crippen molar-refractivity contribution in [3.8, 4) is 18.1 Å². The molecule has 94 valence electrons. The molecule has 7 heteroatoms. The van der Waals surface area contributed by atoms with E-state index in [1.807, 2.05) is 5.92 Å². The van der Waals surface area contributed by atoms with Crippen LogP contribution in [0.1, 0.15) is 6.42 Å². The zero-order valence-corrected chi connectivity index (χ0v) is 10.2. The van der Waals surface area contributed by atoms with Crippen LogP contribution in [0.4, 0.5) is 0 Å². The summed E-state index contributed by atoms with van der Waals surface area (Å²) < 4.78 is 15.6. The summed E-state index contributed by atoms with van der Waals surface area (Å²) in [4.78, 5) is 24.0. The van der Waals surface area contributed by atoms with Gasteiger partial charge in [-0.25, -0.2) is 0 Å². The first-order valence-corrected chi connectivity index (χ1v) is 6.23. The number of esters is 1. The Bertz CT molecular complexity index is 470. The number of carbonyl (C=O) groups is 1. The number of hydrogen-bond donors (Lipinski definition) is 2. The SMILES string of the molecule is C#CC(C(O)CC(=O)Oc1cccnc1)[P+](=O)O. The van der Waals surface area contributed by atoms with E-state index >= 15 is 0 Å². The smallest absolute Gasteiger partial charge is 0.425 e. The molecule has 18 heavy (non-hydrogen) atoms. The van der Waals surface area contributed by atoms with Crippen molar-refractivity contribution in [1.29, 1.82) is 0 Å². The minimum absolute atomic E-state index is 0.223. The number of carbonyl (C=O) groups excluding carboxylic acids is 1. The molecule has 0 bridgehead atoms. The maximum Gasteiger partial charge on any atom is 0.524 e. The molecule has 0 aliphatic rings. The van der Waals surface area contributed by atoms with Crippen molar-refractivity contribution >= 4 is 14.0 Å². The summed E-state index contributed by atoms with van der Waals surface area (Å²) in [7, 11) is -2.75. The standard InChI is InChI=1S/C11H10NO5P/c1-2-10(18(15)16)9(13)6-11(14)17-8-4-3-5-12-7-8/h1,3-5,7,9-10,13H,6H2/p+1. The third-order valence-electron chi connectivity index (χ3n) is 2.02. The predicted octanol–water partition coefficient (Wildman–Crippen LogP) is 0.474. The minimum atomic E-state index is -2.75. The van der Waals surface area contributed by atoms with E-state index in [0.29, 0.717) is 0 Å². The normalized spacial score (nSPS) is 14.2. The molecule has 0 radical (unpaired) electrons. The first kappa shape index (κ1) is 14.3. The quantitative estimate of drug-likeness (QED) is 0.458. The van der Waals surface area contributed by atoms with Gasteiger partial charge in [0, 0.05) is 6.20 Å². The van der Waals surface area contributed by atoms with Crippen LogP contribution in [0.15, 0.2) is 24.5 Å². The molecule has 0 saturated heterocycles. The molecule has 0 fully saturated rings. The van der Waals surface area contributed by atoms with Gasteiger partial charge in [0.1, 0.15) is 11.9 Å². The first-order chi connectivity index (χ1) is 8.54. The highest BCUT2D eigenvalue weighted by Gasteiger charge is 2.36. The van der Waals surface area contributed by atoms with Gasteiger partial charge in [0.2, 0.25) is 0 Å². The molecule has 0 saturated carbocycles. The molecule has 0 aliphatic carbocycles. The molecule has 1 rings (SSSR count). The van der Waals surface area contributed by atoms with Gasteiger partial charge >= 0.3 is 14.0 Å². The lowest BCUT2D eigenvalue weighted by molar-refractivity contribution is -0.136. The van der Waals surface area contributed by atoms with Crippen LogP contribution < -0.4 is 4.74 Å². The highest BCUT2D eigenvalue weighted by Crippen LogP contribution is 2.26. The summed E-state index contributed by atoms with van der Waals surface area (Å²) in [5.41, 5.74) is -1.29. The topological polar surface area (TPSA) is 96.7 Å². The second kappa shape index (κ2) is 6.82. The van der Waals surface area contributed by atoms with Crippen molar-refractivity contribution < 1.29 is 24.1 Å². The zero-order valence-electron chi connectivity index (χ0n) is 9.26. The Hall–Kier alpha value is -1.80. The fourth-order valence-corrected chi connectivity index (χ4v) is 1.71. The van der Waals surface area contributed by atoms with E-state index in [4.69, 9.17) is 16.1 Å². The number of pyridine rings is 1. The monoisotopic (exact) mass is 268 g/mol. The van der Waals surface area contributed by atoms with Crippen molar-refractivity contribution in [1.82, 2.24) is 4.98 Å². The summed E-state index contributed by atoms with van der Waals surface area (Å²) in [6.45, 7) is 0. The summed E-state index contributed by atoms with van der Waals surface area (Å²) in [6, 6.07) is 3.09. The molecule has 1 heterocycles. The van der Waals surface area contributed by atoms with Gasteiger partial charge in [0.15, 0.2) is 0 Å². The third kappa shape index (κ3) is 4.22. The van der Waals surface area contributed by atoms with Gasteiger partial charge in [-0.15, -0.1) is 6.42 Å². The van der Waals surface area contributed by atoms with Gasteiger partial charge in [-0.3, -0.25) is 9.78 Å². The molecule has 2 N–H and O–H groups in total. The van der Waals surface area contributed by atoms with Crippen LogP contribution in [-0.2, 0) is 9.36 Å². The van der Waals surface area contributed by atoms with Gasteiger partial charge in [-0.05, 0) is 22.6 Å². The van der Waals surface area contributed by atoms with E-state index in [0.717, 1.165) is 0 Å². The van der Waals surface area contributed by atoms with Gasteiger partial charge in [0.25, 0.3) is 5.66 Å². The second-order valence-electron chi connectivity index (χ2n) is 3.35. The zero-order chi connectivity index (χ0) is 13.5. The maximum atomic E-state index is 11.4. The Morgan fingerprint density at radius 1 is 1.67 bits per heavy atom. The van der Waals surface area contributed by atoms with Crippen LogP contribution in [-0.4, -0.2) is 32.7 Å². The second-order valence-corrected chi connectivity index (χ2v) is 4.51. The molecular formula is C11H11NO5P+. The lowest BCUT2D eigenvalue weighted by Crippen LogP contribution is -2.26. The van der Waals surface area contributed by atoms with Crippen molar-refractivity contribution in [2.24, 2.45) is 0 Å². The Morgan fingerprint density at radius 2 is 2.39 bits per heavy atom. The van der Waals surface area contributed by atoms with Gasteiger partial charge < -0.3 is 9.84 Å². The summed E-state index contributed by atoms with van der Waals surface area (Å²) in [5.74, 6) is 1.43. The number of nitrogens with zero attached hydrogens (tertiary/aromatic N) is 1. The lowest BCUT2D eigenvalue weighted by atomic mass is 10.2. The van der Waals surface area contributed by atoms with Crippen molar-refractivity contribution in [2.45, 2.75) is 18.2 Å². The van der Waals surface area contributed by atoms with Crippen molar-refractivity contribution in [3.05, 3.63) is 24.5 Å². The Labute approximate surface area is 104 Å². The van der Waals surface area contributed by atoms with E-state index in [9.17, 15) is 14.5 Å². The molecule has 0 amide bonds. The first-order valence-electron chi connectivity index (χ1n) is 4.94. The maximum absolute atomic E-state index is 11.4. The molecule has 1 aromatic heterocycles. The van der Waals surface area contributed by atoms with E-state index in [1.165, 1.54) is 18.5 Å². The summed E-state index contributed by atoms with van der Waals surface area (Å²) >= 11 is 0. The largest absolute Gasteiger partial charge is 0.524 e. The number of terminal acetylenes is 1. The molecule has 3 atom stereocenters. The summed E-state index contributed by atoms with van der Waals surface area (Å²) in [5, 5.41) is 9.53. The van der Waals surface area contributed by atoms with Crippen LogP contribution in [0.3, 0.4) is 0 Å². The molecule has 6 nitrogen and oxygen atoms in total. The fraction of sp³-hybridized carbons (Fsp3) is 0.273. The molecule has 0 aliphatic heterocycles. The number of aliphatic hydroxyl groups excluding tert-OH is 1. The average molecular weight is 268 g/mol. The third-order valence-corrected chi connectivity index (χ3v) is 2.98. The van der Waals surface area contributed by atoms with Crippen LogP contribution in [0, 0.1) is 12.3 Å². The highest BCUT2D eigenvalue weighted by atomic mass is 31.1. The summed E-state index contributed by atoms with van der Waals surface area (Å²) in [6.07, 6.45) is 5.94. The molecule has 0 aromatic carbocycles. The van der Waals surface area contributed by atoms with E-state index in [1.54, 1.807) is 6.07 Å². The van der Waals surface area contributed by atoms with E-state index in [-0.39, 0.29) is 5.75 Å². The number of rotatable bonds is 5. The van der Waals surface area contributed by atoms with Crippen LogP contribution in [0.25, 0.3) is 0 Å². The minimum Gasteiger partial charge on any atom is -0.425 e. The Morgan fingerprint density at radius 3 is 2.89 bits per heavy atom.